The smallest absolute Gasteiger partial charge is 0.232 e. The molecule has 4 heteroatoms. The van der Waals surface area contributed by atoms with Crippen LogP contribution in [0.5, 0.6) is 5.88 Å². The molecule has 0 spiro atoms. The van der Waals surface area contributed by atoms with Crippen LogP contribution in [0.15, 0.2) is 12.3 Å². The molecule has 4 nitrogen and oxygen atoms in total. The molecule has 90 valence electrons. The molecule has 1 aliphatic rings. The van der Waals surface area contributed by atoms with Crippen molar-refractivity contribution in [3.05, 3.63) is 12.3 Å². The molecule has 0 amide bonds. The van der Waals surface area contributed by atoms with Crippen molar-refractivity contribution in [1.29, 1.82) is 0 Å². The standard InChI is InChI=1S/C12H20N2O2/c1-9(2)11(15-3)8-16-12-6-7-14(13-12)10-4-5-10/h6-7,9-11H,4-5,8H2,1-3H3. The van der Waals surface area contributed by atoms with Gasteiger partial charge in [-0.2, -0.15) is 0 Å². The van der Waals surface area contributed by atoms with E-state index in [0.29, 0.717) is 24.4 Å². The summed E-state index contributed by atoms with van der Waals surface area (Å²) in [6, 6.07) is 2.53. The molecule has 16 heavy (non-hydrogen) atoms. The van der Waals surface area contributed by atoms with Crippen LogP contribution in [0.25, 0.3) is 0 Å². The van der Waals surface area contributed by atoms with E-state index in [0.717, 1.165) is 0 Å². The fraction of sp³-hybridized carbons (Fsp3) is 0.750. The highest BCUT2D eigenvalue weighted by Gasteiger charge is 2.24. The van der Waals surface area contributed by atoms with Gasteiger partial charge < -0.3 is 9.47 Å². The molecule has 1 unspecified atom stereocenters. The fourth-order valence-electron chi connectivity index (χ4n) is 1.64. The lowest BCUT2D eigenvalue weighted by Gasteiger charge is -2.18. The van der Waals surface area contributed by atoms with Crippen molar-refractivity contribution >= 4 is 0 Å². The molecule has 0 aliphatic heterocycles. The topological polar surface area (TPSA) is 36.3 Å². The molecular weight excluding hydrogens is 204 g/mol. The third kappa shape index (κ3) is 2.76. The molecule has 1 saturated carbocycles. The van der Waals surface area contributed by atoms with Crippen LogP contribution in [0, 0.1) is 5.92 Å². The van der Waals surface area contributed by atoms with Crippen LogP contribution < -0.4 is 4.74 Å². The van der Waals surface area contributed by atoms with E-state index in [2.05, 4.69) is 18.9 Å². The van der Waals surface area contributed by atoms with Gasteiger partial charge in [0.1, 0.15) is 6.61 Å². The van der Waals surface area contributed by atoms with E-state index >= 15 is 0 Å². The number of ether oxygens (including phenoxy) is 2. The van der Waals surface area contributed by atoms with Crippen molar-refractivity contribution in [2.75, 3.05) is 13.7 Å². The summed E-state index contributed by atoms with van der Waals surface area (Å²) in [5.74, 6) is 1.16. The first-order valence-electron chi connectivity index (χ1n) is 5.91. The maximum Gasteiger partial charge on any atom is 0.232 e. The fourth-order valence-corrected chi connectivity index (χ4v) is 1.64. The van der Waals surface area contributed by atoms with E-state index in [1.54, 1.807) is 7.11 Å². The van der Waals surface area contributed by atoms with E-state index in [1.807, 2.05) is 16.9 Å². The Bertz CT molecular complexity index is 332. The van der Waals surface area contributed by atoms with Gasteiger partial charge in [-0.25, -0.2) is 0 Å². The van der Waals surface area contributed by atoms with Gasteiger partial charge in [-0.15, -0.1) is 5.10 Å². The molecule has 0 saturated heterocycles. The summed E-state index contributed by atoms with van der Waals surface area (Å²) in [7, 11) is 1.72. The summed E-state index contributed by atoms with van der Waals surface area (Å²) in [5.41, 5.74) is 0. The van der Waals surface area contributed by atoms with Crippen LogP contribution >= 0.6 is 0 Å². The first-order valence-corrected chi connectivity index (χ1v) is 5.91. The molecule has 1 aromatic rings. The molecule has 1 aromatic heterocycles. The highest BCUT2D eigenvalue weighted by atomic mass is 16.5. The van der Waals surface area contributed by atoms with E-state index in [1.165, 1.54) is 12.8 Å². The second-order valence-electron chi connectivity index (χ2n) is 4.69. The van der Waals surface area contributed by atoms with Crippen LogP contribution in [-0.2, 0) is 4.74 Å². The molecule has 0 bridgehead atoms. The van der Waals surface area contributed by atoms with Crippen LogP contribution in [0.3, 0.4) is 0 Å². The summed E-state index contributed by atoms with van der Waals surface area (Å²) in [5, 5.41) is 4.38. The lowest BCUT2D eigenvalue weighted by atomic mass is 10.1. The van der Waals surface area contributed by atoms with Crippen molar-refractivity contribution in [2.45, 2.75) is 38.8 Å². The van der Waals surface area contributed by atoms with Gasteiger partial charge in [-0.3, -0.25) is 4.68 Å². The number of hydrogen-bond donors (Lipinski definition) is 0. The Morgan fingerprint density at radius 1 is 1.50 bits per heavy atom. The van der Waals surface area contributed by atoms with Gasteiger partial charge in [0, 0.05) is 19.4 Å². The van der Waals surface area contributed by atoms with Gasteiger partial charge in [0.2, 0.25) is 5.88 Å². The average molecular weight is 224 g/mol. The Labute approximate surface area is 96.5 Å². The second-order valence-corrected chi connectivity index (χ2v) is 4.69. The predicted octanol–water partition coefficient (Wildman–Crippen LogP) is 2.27. The van der Waals surface area contributed by atoms with Gasteiger partial charge in [0.25, 0.3) is 0 Å². The molecule has 2 rings (SSSR count). The molecule has 1 fully saturated rings. The van der Waals surface area contributed by atoms with E-state index in [9.17, 15) is 0 Å². The van der Waals surface area contributed by atoms with Gasteiger partial charge in [0.15, 0.2) is 0 Å². The summed E-state index contributed by atoms with van der Waals surface area (Å²) in [6.07, 6.45) is 4.61. The minimum atomic E-state index is 0.131. The zero-order valence-corrected chi connectivity index (χ0v) is 10.2. The first-order chi connectivity index (χ1) is 7.70. The lowest BCUT2D eigenvalue weighted by molar-refractivity contribution is 0.0247. The quantitative estimate of drug-likeness (QED) is 0.743. The van der Waals surface area contributed by atoms with E-state index in [-0.39, 0.29) is 6.10 Å². The maximum atomic E-state index is 5.62. The van der Waals surface area contributed by atoms with Gasteiger partial charge in [-0.1, -0.05) is 13.8 Å². The van der Waals surface area contributed by atoms with Gasteiger partial charge in [0.05, 0.1) is 12.1 Å². The number of rotatable bonds is 6. The second kappa shape index (κ2) is 4.87. The molecule has 0 aromatic carbocycles. The van der Waals surface area contributed by atoms with Crippen molar-refractivity contribution in [3.63, 3.8) is 0 Å². The van der Waals surface area contributed by atoms with Crippen molar-refractivity contribution < 1.29 is 9.47 Å². The number of methoxy groups -OCH3 is 1. The number of aromatic nitrogens is 2. The predicted molar refractivity (Wildman–Crippen MR) is 61.6 cm³/mol. The third-order valence-corrected chi connectivity index (χ3v) is 2.95. The van der Waals surface area contributed by atoms with Crippen molar-refractivity contribution in [1.82, 2.24) is 9.78 Å². The van der Waals surface area contributed by atoms with E-state index in [4.69, 9.17) is 9.47 Å². The summed E-state index contributed by atoms with van der Waals surface area (Å²) >= 11 is 0. The van der Waals surface area contributed by atoms with Crippen LogP contribution in [0.4, 0.5) is 0 Å². The van der Waals surface area contributed by atoms with Crippen LogP contribution in [0.2, 0.25) is 0 Å². The normalized spacial score (nSPS) is 17.8. The SMILES string of the molecule is COC(COc1ccn(C2CC2)n1)C(C)C. The Balaban J connectivity index is 1.83. The molecule has 1 atom stereocenters. The minimum absolute atomic E-state index is 0.131. The first kappa shape index (κ1) is 11.5. The monoisotopic (exact) mass is 224 g/mol. The number of nitrogens with zero attached hydrogens (tertiary/aromatic N) is 2. The van der Waals surface area contributed by atoms with E-state index < -0.39 is 0 Å². The summed E-state index contributed by atoms with van der Waals surface area (Å²) < 4.78 is 13.0. The Morgan fingerprint density at radius 3 is 2.81 bits per heavy atom. The molecule has 1 heterocycles. The average Bonchev–Trinajstić information content (AvgIpc) is 3.00. The minimum Gasteiger partial charge on any atom is -0.474 e. The highest BCUT2D eigenvalue weighted by Crippen LogP contribution is 2.34. The van der Waals surface area contributed by atoms with Gasteiger partial charge >= 0.3 is 0 Å². The maximum absolute atomic E-state index is 5.62. The molecular formula is C12H20N2O2. The number of hydrogen-bond acceptors (Lipinski definition) is 3. The zero-order valence-electron chi connectivity index (χ0n) is 10.2. The molecule has 0 radical (unpaired) electrons. The zero-order chi connectivity index (χ0) is 11.5. The Kier molecular flexibility index (Phi) is 3.49. The van der Waals surface area contributed by atoms with Gasteiger partial charge in [-0.05, 0) is 18.8 Å². The summed E-state index contributed by atoms with van der Waals surface area (Å²) in [6.45, 7) is 4.82. The largest absolute Gasteiger partial charge is 0.474 e. The van der Waals surface area contributed by atoms with Crippen LogP contribution in [-0.4, -0.2) is 29.6 Å². The lowest BCUT2D eigenvalue weighted by Crippen LogP contribution is -2.26. The Morgan fingerprint density at radius 2 is 2.25 bits per heavy atom. The molecule has 0 N–H and O–H groups in total. The summed E-state index contributed by atoms with van der Waals surface area (Å²) in [4.78, 5) is 0. The molecule has 1 aliphatic carbocycles. The van der Waals surface area contributed by atoms with Crippen LogP contribution in [0.1, 0.15) is 32.7 Å². The third-order valence-electron chi connectivity index (χ3n) is 2.95. The van der Waals surface area contributed by atoms with Crippen molar-refractivity contribution in [3.8, 4) is 5.88 Å². The van der Waals surface area contributed by atoms with Crippen molar-refractivity contribution in [2.24, 2.45) is 5.92 Å². The Hall–Kier alpha value is -1.03. The highest BCUT2D eigenvalue weighted by molar-refractivity contribution is 5.07.